The molecular formula is C14H19Br2FO. The minimum atomic E-state index is -0.181. The number of benzene rings is 1. The summed E-state index contributed by atoms with van der Waals surface area (Å²) in [5.74, 6) is -0.122. The lowest BCUT2D eigenvalue weighted by Gasteiger charge is -2.31. The van der Waals surface area contributed by atoms with Crippen molar-refractivity contribution in [3.05, 3.63) is 35.6 Å². The van der Waals surface area contributed by atoms with Crippen molar-refractivity contribution in [1.29, 1.82) is 0 Å². The van der Waals surface area contributed by atoms with Gasteiger partial charge in [0.1, 0.15) is 5.82 Å². The van der Waals surface area contributed by atoms with Crippen LogP contribution in [0.15, 0.2) is 24.3 Å². The van der Waals surface area contributed by atoms with Crippen molar-refractivity contribution in [2.75, 3.05) is 24.4 Å². The van der Waals surface area contributed by atoms with Gasteiger partial charge in [-0.1, -0.05) is 56.5 Å². The van der Waals surface area contributed by atoms with E-state index in [0.29, 0.717) is 0 Å². The van der Waals surface area contributed by atoms with E-state index in [1.807, 2.05) is 12.1 Å². The first-order chi connectivity index (χ1) is 8.70. The van der Waals surface area contributed by atoms with Gasteiger partial charge in [-0.3, -0.25) is 0 Å². The fourth-order valence-electron chi connectivity index (χ4n) is 2.05. The summed E-state index contributed by atoms with van der Waals surface area (Å²) in [4.78, 5) is 0. The predicted molar refractivity (Wildman–Crippen MR) is 81.4 cm³/mol. The van der Waals surface area contributed by atoms with Crippen LogP contribution in [0.4, 0.5) is 4.39 Å². The molecule has 0 radical (unpaired) electrons. The third-order valence-corrected chi connectivity index (χ3v) is 5.36. The molecule has 1 rings (SSSR count). The van der Waals surface area contributed by atoms with Crippen molar-refractivity contribution in [1.82, 2.24) is 0 Å². The minimum Gasteiger partial charge on any atom is -0.385 e. The van der Waals surface area contributed by atoms with E-state index < -0.39 is 0 Å². The summed E-state index contributed by atoms with van der Waals surface area (Å²) in [5.41, 5.74) is 0.607. The molecule has 4 heteroatoms. The zero-order valence-electron chi connectivity index (χ0n) is 10.6. The number of unbranched alkanes of at least 4 members (excludes halogenated alkanes) is 1. The molecule has 18 heavy (non-hydrogen) atoms. The van der Waals surface area contributed by atoms with Crippen LogP contribution in [0, 0.1) is 5.82 Å². The number of ether oxygens (including phenoxy) is 1. The first kappa shape index (κ1) is 16.1. The van der Waals surface area contributed by atoms with Crippen LogP contribution in [0.2, 0.25) is 0 Å². The van der Waals surface area contributed by atoms with Crippen molar-refractivity contribution < 1.29 is 9.13 Å². The Morgan fingerprint density at radius 3 is 2.39 bits per heavy atom. The van der Waals surface area contributed by atoms with E-state index in [2.05, 4.69) is 31.9 Å². The highest BCUT2D eigenvalue weighted by molar-refractivity contribution is 9.09. The first-order valence-corrected chi connectivity index (χ1v) is 8.30. The summed E-state index contributed by atoms with van der Waals surface area (Å²) < 4.78 is 19.0. The lowest BCUT2D eigenvalue weighted by atomic mass is 9.80. The number of hydrogen-bond acceptors (Lipinski definition) is 1. The highest BCUT2D eigenvalue weighted by atomic mass is 79.9. The highest BCUT2D eigenvalue weighted by Crippen LogP contribution is 2.35. The summed E-state index contributed by atoms with van der Waals surface area (Å²) in [5, 5.41) is 1.50. The molecule has 0 spiro atoms. The standard InChI is InChI=1S/C14H19Br2FO/c1-18-9-5-4-8-14(10-15,11-16)12-6-2-3-7-13(12)17/h2-3,6-7H,4-5,8-11H2,1H3. The zero-order chi connectivity index (χ0) is 13.4. The third kappa shape index (κ3) is 4.04. The second-order valence-corrected chi connectivity index (χ2v) is 5.60. The van der Waals surface area contributed by atoms with E-state index in [-0.39, 0.29) is 11.2 Å². The minimum absolute atomic E-state index is 0.122. The SMILES string of the molecule is COCCCCC(CBr)(CBr)c1ccccc1F. The molecule has 1 nitrogen and oxygen atoms in total. The third-order valence-electron chi connectivity index (χ3n) is 3.21. The second-order valence-electron chi connectivity index (χ2n) is 4.48. The molecule has 1 aromatic rings. The topological polar surface area (TPSA) is 9.23 Å². The maximum absolute atomic E-state index is 14.0. The molecule has 1 aromatic carbocycles. The van der Waals surface area contributed by atoms with Crippen LogP contribution < -0.4 is 0 Å². The van der Waals surface area contributed by atoms with Crippen LogP contribution in [-0.2, 0) is 10.2 Å². The van der Waals surface area contributed by atoms with Crippen LogP contribution in [0.5, 0.6) is 0 Å². The van der Waals surface area contributed by atoms with Gasteiger partial charge in [0.25, 0.3) is 0 Å². The Morgan fingerprint density at radius 1 is 1.17 bits per heavy atom. The van der Waals surface area contributed by atoms with Gasteiger partial charge in [0.05, 0.1) is 0 Å². The van der Waals surface area contributed by atoms with Gasteiger partial charge in [0.2, 0.25) is 0 Å². The van der Waals surface area contributed by atoms with Gasteiger partial charge in [-0.2, -0.15) is 0 Å². The van der Waals surface area contributed by atoms with Gasteiger partial charge >= 0.3 is 0 Å². The van der Waals surface area contributed by atoms with E-state index in [1.54, 1.807) is 13.2 Å². The fraction of sp³-hybridized carbons (Fsp3) is 0.571. The Kier molecular flexibility index (Phi) is 7.42. The maximum atomic E-state index is 14.0. The Hall–Kier alpha value is 0.0700. The molecular weight excluding hydrogens is 363 g/mol. The van der Waals surface area contributed by atoms with Crippen molar-refractivity contribution in [2.24, 2.45) is 0 Å². The van der Waals surface area contributed by atoms with Gasteiger partial charge in [-0.25, -0.2) is 4.39 Å². The normalized spacial score (nSPS) is 11.8. The summed E-state index contributed by atoms with van der Waals surface area (Å²) in [7, 11) is 1.71. The predicted octanol–water partition coefficient (Wildman–Crippen LogP) is 4.67. The van der Waals surface area contributed by atoms with E-state index in [9.17, 15) is 4.39 Å². The molecule has 0 saturated carbocycles. The van der Waals surface area contributed by atoms with Crippen molar-refractivity contribution >= 4 is 31.9 Å². The first-order valence-electron chi connectivity index (χ1n) is 6.06. The van der Waals surface area contributed by atoms with Crippen molar-refractivity contribution in [3.8, 4) is 0 Å². The molecule has 0 unspecified atom stereocenters. The molecule has 0 aliphatic heterocycles. The highest BCUT2D eigenvalue weighted by Gasteiger charge is 2.31. The summed E-state index contributed by atoms with van der Waals surface area (Å²) in [6.45, 7) is 0.762. The second kappa shape index (κ2) is 8.28. The fourth-order valence-corrected chi connectivity index (χ4v) is 4.14. The number of rotatable bonds is 8. The quantitative estimate of drug-likeness (QED) is 0.469. The largest absolute Gasteiger partial charge is 0.385 e. The number of alkyl halides is 2. The zero-order valence-corrected chi connectivity index (χ0v) is 13.8. The van der Waals surface area contributed by atoms with Gasteiger partial charge in [0, 0.05) is 29.8 Å². The molecule has 0 saturated heterocycles. The summed E-state index contributed by atoms with van der Waals surface area (Å²) in [6, 6.07) is 7.04. The molecule has 0 atom stereocenters. The average Bonchev–Trinajstić information content (AvgIpc) is 2.41. The molecule has 0 N–H and O–H groups in total. The molecule has 0 aromatic heterocycles. The van der Waals surface area contributed by atoms with Gasteiger partial charge in [-0.15, -0.1) is 0 Å². The van der Waals surface area contributed by atoms with Crippen LogP contribution >= 0.6 is 31.9 Å². The van der Waals surface area contributed by atoms with Crippen LogP contribution in [0.25, 0.3) is 0 Å². The van der Waals surface area contributed by atoms with Gasteiger partial charge in [-0.05, 0) is 24.5 Å². The van der Waals surface area contributed by atoms with E-state index in [4.69, 9.17) is 4.74 Å². The summed E-state index contributed by atoms with van der Waals surface area (Å²) >= 11 is 7.09. The molecule has 0 fully saturated rings. The Balaban J connectivity index is 2.83. The molecule has 0 aliphatic rings. The van der Waals surface area contributed by atoms with Crippen molar-refractivity contribution in [3.63, 3.8) is 0 Å². The molecule has 102 valence electrons. The molecule has 0 heterocycles. The molecule has 0 bridgehead atoms. The Bertz CT molecular complexity index is 353. The Morgan fingerprint density at radius 2 is 1.83 bits per heavy atom. The van der Waals surface area contributed by atoms with E-state index >= 15 is 0 Å². The number of halogens is 3. The average molecular weight is 382 g/mol. The molecule has 0 amide bonds. The van der Waals surface area contributed by atoms with Crippen LogP contribution in [0.1, 0.15) is 24.8 Å². The number of methoxy groups -OCH3 is 1. The lowest BCUT2D eigenvalue weighted by Crippen LogP contribution is -2.31. The lowest BCUT2D eigenvalue weighted by molar-refractivity contribution is 0.190. The van der Waals surface area contributed by atoms with Crippen LogP contribution in [0.3, 0.4) is 0 Å². The Labute approximate surface area is 125 Å². The summed E-state index contributed by atoms with van der Waals surface area (Å²) in [6.07, 6.45) is 2.97. The van der Waals surface area contributed by atoms with Gasteiger partial charge in [0.15, 0.2) is 0 Å². The van der Waals surface area contributed by atoms with Crippen LogP contribution in [-0.4, -0.2) is 24.4 Å². The van der Waals surface area contributed by atoms with Crippen molar-refractivity contribution in [2.45, 2.75) is 24.7 Å². The molecule has 0 aliphatic carbocycles. The maximum Gasteiger partial charge on any atom is 0.127 e. The number of hydrogen-bond donors (Lipinski definition) is 0. The van der Waals surface area contributed by atoms with E-state index in [1.165, 1.54) is 6.07 Å². The van der Waals surface area contributed by atoms with E-state index in [0.717, 1.165) is 42.1 Å². The van der Waals surface area contributed by atoms with Gasteiger partial charge < -0.3 is 4.74 Å². The monoisotopic (exact) mass is 380 g/mol. The smallest absolute Gasteiger partial charge is 0.127 e.